The molecule has 1 aliphatic rings. The van der Waals surface area contributed by atoms with Crippen LogP contribution < -0.4 is 10.2 Å². The number of aryl methyl sites for hydroxylation is 2. The summed E-state index contributed by atoms with van der Waals surface area (Å²) in [5.74, 6) is -0.233. The first kappa shape index (κ1) is 13.6. The maximum absolute atomic E-state index is 12.5. The zero-order valence-electron chi connectivity index (χ0n) is 12.1. The minimum Gasteiger partial charge on any atom is -0.341 e. The highest BCUT2D eigenvalue weighted by atomic mass is 16.2. The molecule has 4 heteroatoms. The van der Waals surface area contributed by atoms with Crippen molar-refractivity contribution in [3.63, 3.8) is 0 Å². The summed E-state index contributed by atoms with van der Waals surface area (Å²) in [5.41, 5.74) is 4.03. The van der Waals surface area contributed by atoms with Crippen LogP contribution in [0.4, 0.5) is 5.69 Å². The summed E-state index contributed by atoms with van der Waals surface area (Å²) in [6.45, 7) is 9.41. The lowest BCUT2D eigenvalue weighted by Crippen LogP contribution is -2.40. The van der Waals surface area contributed by atoms with Crippen molar-refractivity contribution in [2.45, 2.75) is 46.7 Å². The molecule has 0 bridgehead atoms. The molecule has 1 aliphatic heterocycles. The molecule has 0 aromatic heterocycles. The van der Waals surface area contributed by atoms with Crippen molar-refractivity contribution < 1.29 is 9.59 Å². The number of anilines is 1. The number of carbonyl (C=O) groups excluding carboxylic acids is 2. The van der Waals surface area contributed by atoms with Crippen LogP contribution in [0.1, 0.15) is 43.5 Å². The second-order valence-corrected chi connectivity index (χ2v) is 5.46. The summed E-state index contributed by atoms with van der Waals surface area (Å²) in [7, 11) is 0. The third-order valence-corrected chi connectivity index (χ3v) is 3.37. The molecule has 0 unspecified atom stereocenters. The van der Waals surface area contributed by atoms with Gasteiger partial charge in [-0.05, 0) is 33.3 Å². The van der Waals surface area contributed by atoms with Crippen LogP contribution in [0.15, 0.2) is 12.1 Å². The van der Waals surface area contributed by atoms with Crippen LogP contribution in [0, 0.1) is 13.8 Å². The molecule has 1 N–H and O–H groups in total. The molecule has 0 saturated carbocycles. The number of nitrogens with one attached hydrogen (secondary N) is 1. The van der Waals surface area contributed by atoms with Gasteiger partial charge in [0.1, 0.15) is 6.04 Å². The second-order valence-electron chi connectivity index (χ2n) is 5.46. The van der Waals surface area contributed by atoms with Crippen LogP contribution in [0.25, 0.3) is 0 Å². The zero-order valence-corrected chi connectivity index (χ0v) is 12.1. The van der Waals surface area contributed by atoms with Gasteiger partial charge in [-0.15, -0.1) is 0 Å². The van der Waals surface area contributed by atoms with E-state index in [1.165, 1.54) is 6.92 Å². The predicted octanol–water partition coefficient (Wildman–Crippen LogP) is 2.24. The van der Waals surface area contributed by atoms with Gasteiger partial charge in [0.2, 0.25) is 5.91 Å². The second kappa shape index (κ2) is 4.68. The van der Waals surface area contributed by atoms with E-state index in [2.05, 4.69) is 11.4 Å². The van der Waals surface area contributed by atoms with Crippen molar-refractivity contribution in [1.29, 1.82) is 0 Å². The van der Waals surface area contributed by atoms with Crippen LogP contribution in [-0.2, 0) is 9.59 Å². The standard InChI is InChI=1S/C15H20N2O2/c1-8(2)17-14-10(4)6-9(3)7-12(14)13(15(17)19)16-11(5)18/h6-8,13H,1-5H3,(H,16,18)/t13-/m0/s1. The third-order valence-electron chi connectivity index (χ3n) is 3.37. The van der Waals surface area contributed by atoms with Gasteiger partial charge in [0.25, 0.3) is 5.91 Å². The number of benzene rings is 1. The molecule has 0 fully saturated rings. The van der Waals surface area contributed by atoms with Gasteiger partial charge in [-0.25, -0.2) is 0 Å². The number of fused-ring (bicyclic) bond motifs is 1. The lowest BCUT2D eigenvalue weighted by molar-refractivity contribution is -0.126. The molecule has 4 nitrogen and oxygen atoms in total. The Labute approximate surface area is 113 Å². The van der Waals surface area contributed by atoms with E-state index in [4.69, 9.17) is 0 Å². The monoisotopic (exact) mass is 260 g/mol. The Balaban J connectivity index is 2.60. The zero-order chi connectivity index (χ0) is 14.3. The van der Waals surface area contributed by atoms with Crippen molar-refractivity contribution >= 4 is 17.5 Å². The highest BCUT2D eigenvalue weighted by Crippen LogP contribution is 2.40. The normalized spacial score (nSPS) is 17.9. The third kappa shape index (κ3) is 2.23. The predicted molar refractivity (Wildman–Crippen MR) is 75.1 cm³/mol. The van der Waals surface area contributed by atoms with E-state index >= 15 is 0 Å². The van der Waals surface area contributed by atoms with Crippen LogP contribution >= 0.6 is 0 Å². The Morgan fingerprint density at radius 3 is 2.47 bits per heavy atom. The molecule has 1 atom stereocenters. The molecule has 0 saturated heterocycles. The van der Waals surface area contributed by atoms with Crippen LogP contribution in [-0.4, -0.2) is 17.9 Å². The fourth-order valence-corrected chi connectivity index (χ4v) is 2.78. The largest absolute Gasteiger partial charge is 0.341 e. The molecule has 2 rings (SSSR count). The van der Waals surface area contributed by atoms with Gasteiger partial charge in [-0.1, -0.05) is 17.7 Å². The minimum atomic E-state index is -0.548. The van der Waals surface area contributed by atoms with Crippen LogP contribution in [0.3, 0.4) is 0 Å². The molecule has 1 aromatic rings. The topological polar surface area (TPSA) is 49.4 Å². The summed E-state index contributed by atoms with van der Waals surface area (Å²) in [6.07, 6.45) is 0. The molecule has 1 aromatic carbocycles. The Kier molecular flexibility index (Phi) is 3.35. The number of nitrogens with zero attached hydrogens (tertiary/aromatic N) is 1. The fourth-order valence-electron chi connectivity index (χ4n) is 2.78. The van der Waals surface area contributed by atoms with Crippen molar-refractivity contribution in [1.82, 2.24) is 5.32 Å². The first-order valence-electron chi connectivity index (χ1n) is 6.54. The van der Waals surface area contributed by atoms with Gasteiger partial charge < -0.3 is 10.2 Å². The molecule has 0 aliphatic carbocycles. The molecule has 2 amide bonds. The van der Waals surface area contributed by atoms with Gasteiger partial charge in [0.05, 0.1) is 5.69 Å². The quantitative estimate of drug-likeness (QED) is 0.886. The highest BCUT2D eigenvalue weighted by molar-refractivity contribution is 6.07. The lowest BCUT2D eigenvalue weighted by Gasteiger charge is -2.23. The van der Waals surface area contributed by atoms with E-state index in [1.54, 1.807) is 4.90 Å². The molecular weight excluding hydrogens is 240 g/mol. The molecule has 102 valence electrons. The summed E-state index contributed by atoms with van der Waals surface area (Å²) >= 11 is 0. The number of hydrogen-bond acceptors (Lipinski definition) is 2. The Bertz CT molecular complexity index is 549. The number of carbonyl (C=O) groups is 2. The fraction of sp³-hybridized carbons (Fsp3) is 0.467. The Morgan fingerprint density at radius 1 is 1.32 bits per heavy atom. The van der Waals surface area contributed by atoms with E-state index in [0.29, 0.717) is 0 Å². The first-order valence-corrected chi connectivity index (χ1v) is 6.54. The van der Waals surface area contributed by atoms with Gasteiger partial charge in [-0.3, -0.25) is 9.59 Å². The van der Waals surface area contributed by atoms with Crippen molar-refractivity contribution in [3.05, 3.63) is 28.8 Å². The number of hydrogen-bond donors (Lipinski definition) is 1. The van der Waals surface area contributed by atoms with E-state index in [-0.39, 0.29) is 17.9 Å². The maximum atomic E-state index is 12.5. The van der Waals surface area contributed by atoms with Crippen LogP contribution in [0.5, 0.6) is 0 Å². The summed E-state index contributed by atoms with van der Waals surface area (Å²) in [6, 6.07) is 3.58. The van der Waals surface area contributed by atoms with Crippen molar-refractivity contribution in [2.24, 2.45) is 0 Å². The van der Waals surface area contributed by atoms with Gasteiger partial charge in [-0.2, -0.15) is 0 Å². The number of amides is 2. The molecule has 0 spiro atoms. The number of rotatable bonds is 2. The van der Waals surface area contributed by atoms with E-state index in [9.17, 15) is 9.59 Å². The first-order chi connectivity index (χ1) is 8.82. The van der Waals surface area contributed by atoms with Gasteiger partial charge >= 0.3 is 0 Å². The average Bonchev–Trinajstić information content (AvgIpc) is 2.53. The van der Waals surface area contributed by atoms with E-state index in [1.807, 2.05) is 33.8 Å². The minimum absolute atomic E-state index is 0.0473. The molecule has 0 radical (unpaired) electrons. The van der Waals surface area contributed by atoms with Gasteiger partial charge in [0.15, 0.2) is 0 Å². The molecular formula is C15H20N2O2. The maximum Gasteiger partial charge on any atom is 0.254 e. The smallest absolute Gasteiger partial charge is 0.254 e. The molecule has 1 heterocycles. The van der Waals surface area contributed by atoms with Gasteiger partial charge in [0, 0.05) is 18.5 Å². The summed E-state index contributed by atoms with van der Waals surface area (Å²) < 4.78 is 0. The summed E-state index contributed by atoms with van der Waals surface area (Å²) in [5, 5.41) is 2.76. The lowest BCUT2D eigenvalue weighted by atomic mass is 10.0. The average molecular weight is 260 g/mol. The Morgan fingerprint density at radius 2 is 1.95 bits per heavy atom. The van der Waals surface area contributed by atoms with E-state index < -0.39 is 6.04 Å². The Hall–Kier alpha value is -1.84. The van der Waals surface area contributed by atoms with Crippen molar-refractivity contribution in [2.75, 3.05) is 4.90 Å². The highest BCUT2D eigenvalue weighted by Gasteiger charge is 2.40. The summed E-state index contributed by atoms with van der Waals surface area (Å²) in [4.78, 5) is 25.6. The molecule has 19 heavy (non-hydrogen) atoms. The van der Waals surface area contributed by atoms with E-state index in [0.717, 1.165) is 22.4 Å². The van der Waals surface area contributed by atoms with Crippen molar-refractivity contribution in [3.8, 4) is 0 Å². The van der Waals surface area contributed by atoms with Crippen LogP contribution in [0.2, 0.25) is 0 Å². The SMILES string of the molecule is CC(=O)N[C@@H]1C(=O)N(C(C)C)c2c(C)cc(C)cc21.